The highest BCUT2D eigenvalue weighted by molar-refractivity contribution is 5.35. The van der Waals surface area contributed by atoms with Crippen LogP contribution < -0.4 is 4.74 Å². The molecule has 0 aromatic heterocycles. The van der Waals surface area contributed by atoms with Crippen LogP contribution in [0.5, 0.6) is 5.75 Å². The van der Waals surface area contributed by atoms with E-state index >= 15 is 0 Å². The average molecular weight is 194 g/mol. The number of rotatable bonds is 3. The molecule has 0 bridgehead atoms. The molecule has 78 valence electrons. The third kappa shape index (κ3) is 2.74. The molecule has 0 saturated heterocycles. The van der Waals surface area contributed by atoms with Gasteiger partial charge in [-0.15, -0.1) is 0 Å². The molecule has 1 aromatic carbocycles. The van der Waals surface area contributed by atoms with E-state index in [2.05, 4.69) is 13.0 Å². The van der Waals surface area contributed by atoms with E-state index in [1.165, 1.54) is 5.56 Å². The van der Waals surface area contributed by atoms with E-state index in [4.69, 9.17) is 4.74 Å². The summed E-state index contributed by atoms with van der Waals surface area (Å²) < 4.78 is 5.61. The number of aliphatic hydroxyl groups excluding tert-OH is 1. The molecule has 0 aliphatic rings. The van der Waals surface area contributed by atoms with Gasteiger partial charge in [-0.05, 0) is 39.3 Å². The highest BCUT2D eigenvalue weighted by Crippen LogP contribution is 2.20. The van der Waals surface area contributed by atoms with Crippen LogP contribution in [0.2, 0.25) is 0 Å². The molecule has 0 fully saturated rings. The molecule has 0 spiro atoms. The van der Waals surface area contributed by atoms with Gasteiger partial charge in [-0.2, -0.15) is 0 Å². The Balaban J connectivity index is 2.77. The van der Waals surface area contributed by atoms with Gasteiger partial charge in [-0.3, -0.25) is 0 Å². The lowest BCUT2D eigenvalue weighted by molar-refractivity contribution is 0.0600. The molecule has 0 aliphatic heterocycles. The van der Waals surface area contributed by atoms with Gasteiger partial charge in [0.05, 0.1) is 6.10 Å². The van der Waals surface area contributed by atoms with Crippen molar-refractivity contribution in [3.05, 3.63) is 29.3 Å². The third-order valence-corrected chi connectivity index (χ3v) is 2.32. The van der Waals surface area contributed by atoms with Crippen molar-refractivity contribution in [2.24, 2.45) is 0 Å². The summed E-state index contributed by atoms with van der Waals surface area (Å²) in [4.78, 5) is 0. The molecular weight excluding hydrogens is 176 g/mol. The summed E-state index contributed by atoms with van der Waals surface area (Å²) >= 11 is 0. The highest BCUT2D eigenvalue weighted by atomic mass is 16.5. The summed E-state index contributed by atoms with van der Waals surface area (Å²) in [6.45, 7) is 7.66. The first-order chi connectivity index (χ1) is 6.50. The summed E-state index contributed by atoms with van der Waals surface area (Å²) in [5.41, 5.74) is 2.33. The maximum atomic E-state index is 9.30. The second-order valence-corrected chi connectivity index (χ2v) is 3.83. The van der Waals surface area contributed by atoms with Crippen LogP contribution in [0.25, 0.3) is 0 Å². The van der Waals surface area contributed by atoms with Crippen molar-refractivity contribution in [3.63, 3.8) is 0 Å². The first-order valence-electron chi connectivity index (χ1n) is 4.92. The number of benzene rings is 1. The number of aryl methyl sites for hydroxylation is 2. The standard InChI is InChI=1S/C12H18O2/c1-8-5-6-12(9(2)7-8)14-11(4)10(3)13/h5-7,10-11,13H,1-4H3/t10-,11?/m1/s1. The Morgan fingerprint density at radius 1 is 1.21 bits per heavy atom. The van der Waals surface area contributed by atoms with Crippen LogP contribution in [0, 0.1) is 13.8 Å². The van der Waals surface area contributed by atoms with Crippen molar-refractivity contribution in [1.82, 2.24) is 0 Å². The van der Waals surface area contributed by atoms with Crippen LogP contribution in [-0.2, 0) is 0 Å². The number of hydrogen-bond acceptors (Lipinski definition) is 2. The number of aliphatic hydroxyl groups is 1. The second-order valence-electron chi connectivity index (χ2n) is 3.83. The van der Waals surface area contributed by atoms with Gasteiger partial charge in [0.25, 0.3) is 0 Å². The molecule has 14 heavy (non-hydrogen) atoms. The molecule has 0 amide bonds. The van der Waals surface area contributed by atoms with Crippen molar-refractivity contribution in [2.75, 3.05) is 0 Å². The summed E-state index contributed by atoms with van der Waals surface area (Å²) in [6.07, 6.45) is -0.618. The van der Waals surface area contributed by atoms with E-state index in [1.54, 1.807) is 6.92 Å². The highest BCUT2D eigenvalue weighted by Gasteiger charge is 2.11. The average Bonchev–Trinajstić information content (AvgIpc) is 2.09. The van der Waals surface area contributed by atoms with Crippen molar-refractivity contribution < 1.29 is 9.84 Å². The molecule has 1 N–H and O–H groups in total. The predicted molar refractivity (Wildman–Crippen MR) is 57.7 cm³/mol. The molecule has 1 rings (SSSR count). The fourth-order valence-electron chi connectivity index (χ4n) is 1.23. The topological polar surface area (TPSA) is 29.5 Å². The van der Waals surface area contributed by atoms with Crippen LogP contribution in [0.15, 0.2) is 18.2 Å². The minimum atomic E-state index is -0.448. The Kier molecular flexibility index (Phi) is 3.53. The van der Waals surface area contributed by atoms with Crippen molar-refractivity contribution in [3.8, 4) is 5.75 Å². The SMILES string of the molecule is Cc1ccc(OC(C)[C@@H](C)O)c(C)c1. The largest absolute Gasteiger partial charge is 0.488 e. The first-order valence-corrected chi connectivity index (χ1v) is 4.92. The molecule has 2 atom stereocenters. The van der Waals surface area contributed by atoms with Gasteiger partial charge >= 0.3 is 0 Å². The molecule has 2 nitrogen and oxygen atoms in total. The number of ether oxygens (including phenoxy) is 1. The fourth-order valence-corrected chi connectivity index (χ4v) is 1.23. The Labute approximate surface area is 85.5 Å². The second kappa shape index (κ2) is 4.47. The van der Waals surface area contributed by atoms with E-state index in [9.17, 15) is 5.11 Å². The quantitative estimate of drug-likeness (QED) is 0.801. The zero-order chi connectivity index (χ0) is 10.7. The van der Waals surface area contributed by atoms with E-state index in [0.717, 1.165) is 11.3 Å². The molecular formula is C12H18O2. The minimum absolute atomic E-state index is 0.170. The fraction of sp³-hybridized carbons (Fsp3) is 0.500. The van der Waals surface area contributed by atoms with E-state index in [-0.39, 0.29) is 6.10 Å². The smallest absolute Gasteiger partial charge is 0.122 e. The van der Waals surface area contributed by atoms with Gasteiger partial charge in [0.2, 0.25) is 0 Å². The summed E-state index contributed by atoms with van der Waals surface area (Å²) in [5, 5.41) is 9.30. The molecule has 0 aliphatic carbocycles. The van der Waals surface area contributed by atoms with E-state index in [0.29, 0.717) is 0 Å². The van der Waals surface area contributed by atoms with Gasteiger partial charge in [0.1, 0.15) is 11.9 Å². The van der Waals surface area contributed by atoms with Crippen molar-refractivity contribution in [2.45, 2.75) is 39.9 Å². The van der Waals surface area contributed by atoms with Crippen LogP contribution in [0.4, 0.5) is 0 Å². The summed E-state index contributed by atoms with van der Waals surface area (Å²) in [7, 11) is 0. The van der Waals surface area contributed by atoms with Crippen molar-refractivity contribution >= 4 is 0 Å². The Hall–Kier alpha value is -1.02. The van der Waals surface area contributed by atoms with Gasteiger partial charge in [-0.25, -0.2) is 0 Å². The Morgan fingerprint density at radius 2 is 1.86 bits per heavy atom. The lowest BCUT2D eigenvalue weighted by Gasteiger charge is -2.18. The first kappa shape index (κ1) is 11.1. The molecule has 2 heteroatoms. The molecule has 1 aromatic rings. The van der Waals surface area contributed by atoms with Gasteiger partial charge < -0.3 is 9.84 Å². The van der Waals surface area contributed by atoms with Crippen LogP contribution in [0.1, 0.15) is 25.0 Å². The maximum Gasteiger partial charge on any atom is 0.122 e. The van der Waals surface area contributed by atoms with Crippen molar-refractivity contribution in [1.29, 1.82) is 0 Å². The van der Waals surface area contributed by atoms with Crippen LogP contribution in [0.3, 0.4) is 0 Å². The van der Waals surface area contributed by atoms with Gasteiger partial charge in [0, 0.05) is 0 Å². The molecule has 0 saturated carbocycles. The Morgan fingerprint density at radius 3 is 2.36 bits per heavy atom. The molecule has 0 heterocycles. The van der Waals surface area contributed by atoms with Gasteiger partial charge in [-0.1, -0.05) is 17.7 Å². The number of hydrogen-bond donors (Lipinski definition) is 1. The maximum absolute atomic E-state index is 9.30. The summed E-state index contributed by atoms with van der Waals surface area (Å²) in [5.74, 6) is 0.851. The third-order valence-electron chi connectivity index (χ3n) is 2.32. The zero-order valence-corrected chi connectivity index (χ0v) is 9.24. The lowest BCUT2D eigenvalue weighted by atomic mass is 10.1. The molecule has 1 unspecified atom stereocenters. The normalized spacial score (nSPS) is 14.9. The predicted octanol–water partition coefficient (Wildman–Crippen LogP) is 2.45. The van der Waals surface area contributed by atoms with Crippen LogP contribution >= 0.6 is 0 Å². The molecule has 0 radical (unpaired) electrons. The minimum Gasteiger partial charge on any atom is -0.488 e. The van der Waals surface area contributed by atoms with E-state index in [1.807, 2.05) is 26.0 Å². The van der Waals surface area contributed by atoms with E-state index < -0.39 is 6.10 Å². The Bertz CT molecular complexity index is 305. The zero-order valence-electron chi connectivity index (χ0n) is 9.24. The monoisotopic (exact) mass is 194 g/mol. The van der Waals surface area contributed by atoms with Crippen LogP contribution in [-0.4, -0.2) is 17.3 Å². The lowest BCUT2D eigenvalue weighted by Crippen LogP contribution is -2.25. The summed E-state index contributed by atoms with van der Waals surface area (Å²) in [6, 6.07) is 6.03. The van der Waals surface area contributed by atoms with Gasteiger partial charge in [0.15, 0.2) is 0 Å².